The van der Waals surface area contributed by atoms with Crippen molar-refractivity contribution in [3.05, 3.63) is 5.89 Å². The van der Waals surface area contributed by atoms with Gasteiger partial charge in [-0.1, -0.05) is 12.0 Å². The van der Waals surface area contributed by atoms with Crippen LogP contribution in [0.15, 0.2) is 4.42 Å². The van der Waals surface area contributed by atoms with Gasteiger partial charge in [0.1, 0.15) is 0 Å². The van der Waals surface area contributed by atoms with Gasteiger partial charge in [0, 0.05) is 13.5 Å². The second kappa shape index (κ2) is 7.35. The maximum absolute atomic E-state index is 11.9. The lowest BCUT2D eigenvalue weighted by molar-refractivity contribution is -0.117. The Bertz CT molecular complexity index is 428. The molecular formula is C13H23N5O2. The average molecular weight is 281 g/mol. The van der Waals surface area contributed by atoms with Crippen molar-refractivity contribution in [2.75, 3.05) is 38.0 Å². The van der Waals surface area contributed by atoms with Crippen LogP contribution in [-0.4, -0.2) is 53.7 Å². The van der Waals surface area contributed by atoms with E-state index in [1.165, 1.54) is 12.8 Å². The normalized spacial score (nSPS) is 19.2. The first-order chi connectivity index (χ1) is 9.67. The van der Waals surface area contributed by atoms with E-state index in [-0.39, 0.29) is 11.9 Å². The van der Waals surface area contributed by atoms with E-state index >= 15 is 0 Å². The van der Waals surface area contributed by atoms with E-state index in [9.17, 15) is 4.79 Å². The molecule has 7 nitrogen and oxygen atoms in total. The van der Waals surface area contributed by atoms with Crippen molar-refractivity contribution in [2.24, 2.45) is 5.92 Å². The third-order valence-electron chi connectivity index (χ3n) is 3.50. The van der Waals surface area contributed by atoms with Gasteiger partial charge in [-0.2, -0.15) is 0 Å². The predicted octanol–water partition coefficient (Wildman–Crippen LogP) is 0.638. The van der Waals surface area contributed by atoms with Crippen molar-refractivity contribution in [2.45, 2.75) is 26.7 Å². The number of carbonyl (C=O) groups is 1. The number of nitrogens with zero attached hydrogens (tertiary/aromatic N) is 3. The molecule has 1 amide bonds. The smallest absolute Gasteiger partial charge is 0.322 e. The molecule has 1 unspecified atom stereocenters. The van der Waals surface area contributed by atoms with Gasteiger partial charge in [-0.15, -0.1) is 5.10 Å². The molecule has 1 atom stereocenters. The van der Waals surface area contributed by atoms with E-state index in [0.717, 1.165) is 26.2 Å². The first-order valence-electron chi connectivity index (χ1n) is 7.20. The van der Waals surface area contributed by atoms with E-state index in [1.54, 1.807) is 6.92 Å². The van der Waals surface area contributed by atoms with Crippen LogP contribution >= 0.6 is 0 Å². The number of likely N-dealkylation sites (N-methyl/N-ethyl adjacent to an activating group) is 1. The summed E-state index contributed by atoms with van der Waals surface area (Å²) < 4.78 is 5.14. The summed E-state index contributed by atoms with van der Waals surface area (Å²) in [5, 5.41) is 13.5. The topological polar surface area (TPSA) is 83.3 Å². The number of carbonyl (C=O) groups excluding carboxylic acids is 1. The highest BCUT2D eigenvalue weighted by Gasteiger charge is 2.18. The van der Waals surface area contributed by atoms with Crippen LogP contribution in [0.4, 0.5) is 6.01 Å². The molecule has 0 saturated carbocycles. The van der Waals surface area contributed by atoms with Crippen molar-refractivity contribution in [1.82, 2.24) is 20.4 Å². The standard InChI is InChI=1S/C13H23N5O2/c1-3-18(8-11-5-4-6-14-7-11)9-12(19)15-13-17-16-10(2)20-13/h11,14H,3-9H2,1-2H3,(H,15,17,19). The molecule has 1 aromatic heterocycles. The number of aromatic nitrogens is 2. The molecule has 2 heterocycles. The molecule has 1 aromatic rings. The lowest BCUT2D eigenvalue weighted by Gasteiger charge is -2.28. The Hall–Kier alpha value is -1.47. The molecule has 0 aromatic carbocycles. The van der Waals surface area contributed by atoms with Gasteiger partial charge < -0.3 is 9.73 Å². The predicted molar refractivity (Wildman–Crippen MR) is 75.4 cm³/mol. The number of nitrogens with one attached hydrogen (secondary N) is 2. The van der Waals surface area contributed by atoms with Crippen LogP contribution in [0.5, 0.6) is 0 Å². The molecule has 112 valence electrons. The third kappa shape index (κ3) is 4.57. The molecule has 0 spiro atoms. The van der Waals surface area contributed by atoms with Crippen LogP contribution in [0.25, 0.3) is 0 Å². The quantitative estimate of drug-likeness (QED) is 0.796. The van der Waals surface area contributed by atoms with Gasteiger partial charge in [0.25, 0.3) is 0 Å². The summed E-state index contributed by atoms with van der Waals surface area (Å²) in [7, 11) is 0. The first-order valence-corrected chi connectivity index (χ1v) is 7.20. The van der Waals surface area contributed by atoms with Crippen LogP contribution in [0.1, 0.15) is 25.7 Å². The fourth-order valence-electron chi connectivity index (χ4n) is 2.46. The van der Waals surface area contributed by atoms with Gasteiger partial charge >= 0.3 is 6.01 Å². The number of aryl methyl sites for hydroxylation is 1. The van der Waals surface area contributed by atoms with Gasteiger partial charge in [0.05, 0.1) is 6.54 Å². The van der Waals surface area contributed by atoms with E-state index in [0.29, 0.717) is 18.4 Å². The number of piperidine rings is 1. The molecule has 0 radical (unpaired) electrons. The van der Waals surface area contributed by atoms with Crippen molar-refractivity contribution >= 4 is 11.9 Å². The first kappa shape index (κ1) is 14.9. The highest BCUT2D eigenvalue weighted by Crippen LogP contribution is 2.12. The number of hydrogen-bond donors (Lipinski definition) is 2. The number of rotatable bonds is 6. The van der Waals surface area contributed by atoms with Crippen LogP contribution in [0, 0.1) is 12.8 Å². The van der Waals surface area contributed by atoms with Crippen molar-refractivity contribution in [3.63, 3.8) is 0 Å². The van der Waals surface area contributed by atoms with E-state index < -0.39 is 0 Å². The van der Waals surface area contributed by atoms with Crippen LogP contribution in [-0.2, 0) is 4.79 Å². The van der Waals surface area contributed by atoms with Crippen molar-refractivity contribution in [3.8, 4) is 0 Å². The Morgan fingerprint density at radius 2 is 2.40 bits per heavy atom. The molecule has 0 bridgehead atoms. The maximum atomic E-state index is 11.9. The molecule has 1 saturated heterocycles. The molecule has 0 aliphatic carbocycles. The summed E-state index contributed by atoms with van der Waals surface area (Å²) in [6.45, 7) is 8.07. The summed E-state index contributed by atoms with van der Waals surface area (Å²) in [6.07, 6.45) is 2.45. The highest BCUT2D eigenvalue weighted by atomic mass is 16.4. The largest absolute Gasteiger partial charge is 0.408 e. The summed E-state index contributed by atoms with van der Waals surface area (Å²) in [5.41, 5.74) is 0. The number of hydrogen-bond acceptors (Lipinski definition) is 6. The van der Waals surface area contributed by atoms with Gasteiger partial charge in [-0.25, -0.2) is 0 Å². The second-order valence-electron chi connectivity index (χ2n) is 5.21. The SMILES string of the molecule is CCN(CC(=O)Nc1nnc(C)o1)CC1CCCNC1. The molecular weight excluding hydrogens is 258 g/mol. The molecule has 1 fully saturated rings. The third-order valence-corrected chi connectivity index (χ3v) is 3.50. The lowest BCUT2D eigenvalue weighted by Crippen LogP contribution is -2.41. The van der Waals surface area contributed by atoms with Gasteiger partial charge in [-0.05, 0) is 38.4 Å². The minimum atomic E-state index is -0.112. The Labute approximate surface area is 119 Å². The van der Waals surface area contributed by atoms with Crippen LogP contribution < -0.4 is 10.6 Å². The zero-order valence-corrected chi connectivity index (χ0v) is 12.2. The Balaban J connectivity index is 1.78. The summed E-state index contributed by atoms with van der Waals surface area (Å²) in [5.74, 6) is 0.961. The van der Waals surface area contributed by atoms with Crippen LogP contribution in [0.2, 0.25) is 0 Å². The zero-order valence-electron chi connectivity index (χ0n) is 12.2. The Kier molecular flexibility index (Phi) is 5.49. The van der Waals surface area contributed by atoms with Crippen molar-refractivity contribution < 1.29 is 9.21 Å². The summed E-state index contributed by atoms with van der Waals surface area (Å²) in [6, 6.07) is 0.169. The maximum Gasteiger partial charge on any atom is 0.322 e. The molecule has 20 heavy (non-hydrogen) atoms. The highest BCUT2D eigenvalue weighted by molar-refractivity contribution is 5.90. The van der Waals surface area contributed by atoms with Crippen LogP contribution in [0.3, 0.4) is 0 Å². The minimum Gasteiger partial charge on any atom is -0.408 e. The van der Waals surface area contributed by atoms with Gasteiger partial charge in [0.15, 0.2) is 0 Å². The molecule has 7 heteroatoms. The van der Waals surface area contributed by atoms with Gasteiger partial charge in [-0.3, -0.25) is 15.0 Å². The van der Waals surface area contributed by atoms with Gasteiger partial charge in [0.2, 0.25) is 11.8 Å². The van der Waals surface area contributed by atoms with E-state index in [2.05, 4.69) is 32.7 Å². The molecule has 2 rings (SSSR count). The van der Waals surface area contributed by atoms with Crippen molar-refractivity contribution in [1.29, 1.82) is 0 Å². The zero-order chi connectivity index (χ0) is 14.4. The number of anilines is 1. The average Bonchev–Trinajstić information content (AvgIpc) is 2.84. The fourth-order valence-corrected chi connectivity index (χ4v) is 2.46. The monoisotopic (exact) mass is 281 g/mol. The number of amides is 1. The second-order valence-corrected chi connectivity index (χ2v) is 5.21. The fraction of sp³-hybridized carbons (Fsp3) is 0.769. The molecule has 1 aliphatic rings. The Morgan fingerprint density at radius 3 is 3.00 bits per heavy atom. The summed E-state index contributed by atoms with van der Waals surface area (Å²) >= 11 is 0. The summed E-state index contributed by atoms with van der Waals surface area (Å²) in [4.78, 5) is 14.1. The molecule has 1 aliphatic heterocycles. The van der Waals surface area contributed by atoms with E-state index in [4.69, 9.17) is 4.42 Å². The van der Waals surface area contributed by atoms with E-state index in [1.807, 2.05) is 0 Å². The molecule has 2 N–H and O–H groups in total. The Morgan fingerprint density at radius 1 is 1.55 bits per heavy atom. The minimum absolute atomic E-state index is 0.112. The lowest BCUT2D eigenvalue weighted by atomic mass is 9.99.